The van der Waals surface area contributed by atoms with Crippen LogP contribution >= 0.6 is 11.6 Å². The van der Waals surface area contributed by atoms with Crippen molar-refractivity contribution >= 4 is 29.0 Å². The van der Waals surface area contributed by atoms with Crippen molar-refractivity contribution in [1.29, 1.82) is 0 Å². The molecule has 0 bridgehead atoms. The summed E-state index contributed by atoms with van der Waals surface area (Å²) < 4.78 is 5.32. The molecule has 0 saturated heterocycles. The van der Waals surface area contributed by atoms with Gasteiger partial charge < -0.3 is 20.3 Å². The molecule has 0 aliphatic carbocycles. The molecule has 1 aromatic carbocycles. The maximum atomic E-state index is 12.0. The minimum absolute atomic E-state index is 0.249. The van der Waals surface area contributed by atoms with Crippen LogP contribution in [0.3, 0.4) is 0 Å². The summed E-state index contributed by atoms with van der Waals surface area (Å²) in [4.78, 5) is 22.4. The Morgan fingerprint density at radius 1 is 1.28 bits per heavy atom. The second kappa shape index (κ2) is 8.64. The number of amides is 1. The number of carbonyl (C=O) groups excluding carboxylic acids is 1. The average molecular weight is 364 g/mol. The minimum Gasteiger partial charge on any atom is -0.495 e. The Balaban J connectivity index is 2.05. The number of likely N-dealkylation sites (N-methyl/N-ethyl adjacent to an activating group) is 1. The van der Waals surface area contributed by atoms with Crippen LogP contribution in [0.4, 0.5) is 11.5 Å². The molecule has 134 valence electrons. The van der Waals surface area contributed by atoms with Crippen LogP contribution in [0.5, 0.6) is 5.75 Å². The van der Waals surface area contributed by atoms with Crippen molar-refractivity contribution < 1.29 is 9.53 Å². The van der Waals surface area contributed by atoms with Crippen LogP contribution in [0.15, 0.2) is 24.5 Å². The third-order valence-electron chi connectivity index (χ3n) is 3.47. The van der Waals surface area contributed by atoms with Crippen molar-refractivity contribution in [3.05, 3.63) is 40.8 Å². The van der Waals surface area contributed by atoms with E-state index in [0.717, 1.165) is 17.8 Å². The molecule has 1 aromatic heterocycles. The lowest BCUT2D eigenvalue weighted by atomic mass is 10.2. The molecule has 0 fully saturated rings. The van der Waals surface area contributed by atoms with E-state index in [2.05, 4.69) is 20.6 Å². The molecular formula is C17H22ClN5O2. The van der Waals surface area contributed by atoms with Crippen LogP contribution in [0.25, 0.3) is 0 Å². The highest BCUT2D eigenvalue weighted by molar-refractivity contribution is 6.31. The summed E-state index contributed by atoms with van der Waals surface area (Å²) in [6.07, 6.45) is 2.94. The van der Waals surface area contributed by atoms with E-state index in [-0.39, 0.29) is 11.6 Å². The molecule has 0 radical (unpaired) electrons. The SMILES string of the molecule is COc1cc(Cl)c(C)cc1Nc1cnc(C(=O)NCCN(C)C)cn1. The highest BCUT2D eigenvalue weighted by Crippen LogP contribution is 2.32. The lowest BCUT2D eigenvalue weighted by Gasteiger charge is -2.13. The summed E-state index contributed by atoms with van der Waals surface area (Å²) in [5.74, 6) is 0.855. The fraction of sp³-hybridized carbons (Fsp3) is 0.353. The normalized spacial score (nSPS) is 10.6. The average Bonchev–Trinajstić information content (AvgIpc) is 2.58. The van der Waals surface area contributed by atoms with Gasteiger partial charge in [-0.3, -0.25) is 4.79 Å². The van der Waals surface area contributed by atoms with Crippen molar-refractivity contribution in [1.82, 2.24) is 20.2 Å². The van der Waals surface area contributed by atoms with Gasteiger partial charge in [0, 0.05) is 24.2 Å². The van der Waals surface area contributed by atoms with Crippen molar-refractivity contribution in [2.75, 3.05) is 39.6 Å². The van der Waals surface area contributed by atoms with Gasteiger partial charge in [-0.1, -0.05) is 11.6 Å². The van der Waals surface area contributed by atoms with Gasteiger partial charge in [0.25, 0.3) is 5.91 Å². The zero-order valence-electron chi connectivity index (χ0n) is 14.8. The summed E-state index contributed by atoms with van der Waals surface area (Å²) >= 11 is 6.10. The molecule has 25 heavy (non-hydrogen) atoms. The van der Waals surface area contributed by atoms with Gasteiger partial charge in [-0.25, -0.2) is 9.97 Å². The molecule has 1 amide bonds. The second-order valence-corrected chi connectivity index (χ2v) is 6.18. The Morgan fingerprint density at radius 3 is 2.64 bits per heavy atom. The fourth-order valence-electron chi connectivity index (χ4n) is 2.06. The smallest absolute Gasteiger partial charge is 0.271 e. The van der Waals surface area contributed by atoms with Gasteiger partial charge >= 0.3 is 0 Å². The van der Waals surface area contributed by atoms with Crippen LogP contribution in [0, 0.1) is 6.92 Å². The molecular weight excluding hydrogens is 342 g/mol. The van der Waals surface area contributed by atoms with E-state index < -0.39 is 0 Å². The number of methoxy groups -OCH3 is 1. The number of hydrogen-bond donors (Lipinski definition) is 2. The van der Waals surface area contributed by atoms with Crippen molar-refractivity contribution in [2.45, 2.75) is 6.92 Å². The van der Waals surface area contributed by atoms with E-state index in [1.807, 2.05) is 32.0 Å². The summed E-state index contributed by atoms with van der Waals surface area (Å²) in [5, 5.41) is 6.54. The Kier molecular flexibility index (Phi) is 6.55. The van der Waals surface area contributed by atoms with Crippen LogP contribution < -0.4 is 15.4 Å². The highest BCUT2D eigenvalue weighted by atomic mass is 35.5. The third-order valence-corrected chi connectivity index (χ3v) is 3.88. The third kappa shape index (κ3) is 5.30. The number of anilines is 2. The summed E-state index contributed by atoms with van der Waals surface area (Å²) in [6.45, 7) is 3.21. The number of hydrogen-bond acceptors (Lipinski definition) is 6. The van der Waals surface area contributed by atoms with E-state index in [1.165, 1.54) is 12.4 Å². The number of rotatable bonds is 7. The molecule has 2 rings (SSSR count). The lowest BCUT2D eigenvalue weighted by molar-refractivity contribution is 0.0945. The molecule has 0 spiro atoms. The highest BCUT2D eigenvalue weighted by Gasteiger charge is 2.10. The number of aromatic nitrogens is 2. The number of ether oxygens (including phenoxy) is 1. The van der Waals surface area contributed by atoms with E-state index >= 15 is 0 Å². The predicted molar refractivity (Wildman–Crippen MR) is 98.9 cm³/mol. The first-order chi connectivity index (χ1) is 11.9. The molecule has 0 atom stereocenters. The number of benzene rings is 1. The molecule has 7 nitrogen and oxygen atoms in total. The molecule has 0 unspecified atom stereocenters. The monoisotopic (exact) mass is 363 g/mol. The number of carbonyl (C=O) groups is 1. The molecule has 0 aliphatic rings. The molecule has 0 saturated carbocycles. The molecule has 8 heteroatoms. The lowest BCUT2D eigenvalue weighted by Crippen LogP contribution is -2.31. The summed E-state index contributed by atoms with van der Waals surface area (Å²) in [6, 6.07) is 3.60. The maximum Gasteiger partial charge on any atom is 0.271 e. The van der Waals surface area contributed by atoms with Crippen LogP contribution in [-0.4, -0.2) is 55.1 Å². The van der Waals surface area contributed by atoms with Crippen LogP contribution in [0.2, 0.25) is 5.02 Å². The molecule has 2 N–H and O–H groups in total. The first-order valence-corrected chi connectivity index (χ1v) is 8.14. The van der Waals surface area contributed by atoms with Crippen LogP contribution in [0.1, 0.15) is 16.1 Å². The van der Waals surface area contributed by atoms with Crippen molar-refractivity contribution in [3.63, 3.8) is 0 Å². The minimum atomic E-state index is -0.249. The Hall–Kier alpha value is -2.38. The van der Waals surface area contributed by atoms with Gasteiger partial charge in [0.1, 0.15) is 17.3 Å². The largest absolute Gasteiger partial charge is 0.495 e. The zero-order chi connectivity index (χ0) is 18.4. The standard InChI is InChI=1S/C17H22ClN5O2/c1-11-7-13(15(25-4)8-12(11)18)22-16-10-20-14(9-21-16)17(24)19-5-6-23(2)3/h7-10H,5-6H2,1-4H3,(H,19,24)(H,21,22). The Morgan fingerprint density at radius 2 is 2.04 bits per heavy atom. The first kappa shape index (κ1) is 19.0. The number of nitrogens with zero attached hydrogens (tertiary/aromatic N) is 3. The Labute approximate surface area is 152 Å². The molecule has 0 aliphatic heterocycles. The van der Waals surface area contributed by atoms with E-state index in [9.17, 15) is 4.79 Å². The first-order valence-electron chi connectivity index (χ1n) is 7.77. The maximum absolute atomic E-state index is 12.0. The predicted octanol–water partition coefficient (Wildman–Crippen LogP) is 2.48. The van der Waals surface area contributed by atoms with E-state index in [0.29, 0.717) is 23.1 Å². The van der Waals surface area contributed by atoms with Gasteiger partial charge in [0.2, 0.25) is 0 Å². The fourth-order valence-corrected chi connectivity index (χ4v) is 2.21. The topological polar surface area (TPSA) is 79.4 Å². The number of halogens is 1. The van der Waals surface area contributed by atoms with E-state index in [1.54, 1.807) is 13.2 Å². The van der Waals surface area contributed by atoms with E-state index in [4.69, 9.17) is 16.3 Å². The molecule has 1 heterocycles. The van der Waals surface area contributed by atoms with Crippen molar-refractivity contribution in [2.24, 2.45) is 0 Å². The second-order valence-electron chi connectivity index (χ2n) is 5.77. The summed E-state index contributed by atoms with van der Waals surface area (Å²) in [7, 11) is 5.46. The van der Waals surface area contributed by atoms with Gasteiger partial charge in [0.15, 0.2) is 0 Å². The Bertz CT molecular complexity index is 735. The van der Waals surface area contributed by atoms with Crippen LogP contribution in [-0.2, 0) is 0 Å². The van der Waals surface area contributed by atoms with Gasteiger partial charge in [-0.15, -0.1) is 0 Å². The van der Waals surface area contributed by atoms with Gasteiger partial charge in [-0.2, -0.15) is 0 Å². The van der Waals surface area contributed by atoms with Gasteiger partial charge in [-0.05, 0) is 32.6 Å². The molecule has 2 aromatic rings. The quantitative estimate of drug-likeness (QED) is 0.786. The number of nitrogens with one attached hydrogen (secondary N) is 2. The van der Waals surface area contributed by atoms with Crippen molar-refractivity contribution in [3.8, 4) is 5.75 Å². The zero-order valence-corrected chi connectivity index (χ0v) is 15.5. The number of aryl methyl sites for hydroxylation is 1. The summed E-state index contributed by atoms with van der Waals surface area (Å²) in [5.41, 5.74) is 1.90. The van der Waals surface area contributed by atoms with Gasteiger partial charge in [0.05, 0.1) is 25.2 Å².